The maximum Gasteiger partial charge on any atom is 0.410 e. The third-order valence-corrected chi connectivity index (χ3v) is 6.85. The molecule has 2 aliphatic rings. The number of carbonyl (C=O) groups is 1. The van der Waals surface area contributed by atoms with E-state index in [1.807, 2.05) is 18.7 Å². The first-order valence-electron chi connectivity index (χ1n) is 12.9. The second-order valence-electron chi connectivity index (χ2n) is 10.1. The molecule has 2 aromatic heterocycles. The number of carbonyl (C=O) groups excluding carboxylic acids is 1. The fourth-order valence-electron chi connectivity index (χ4n) is 4.82. The average molecular weight is 544 g/mol. The van der Waals surface area contributed by atoms with Gasteiger partial charge in [0.25, 0.3) is 5.89 Å². The van der Waals surface area contributed by atoms with E-state index >= 15 is 0 Å². The van der Waals surface area contributed by atoms with Crippen molar-refractivity contribution in [1.29, 1.82) is 0 Å². The van der Waals surface area contributed by atoms with E-state index in [4.69, 9.17) is 19.7 Å². The Hall–Kier alpha value is -3.71. The standard InChI is InChI=1S/C26H31F2N7O4/c1-15(2)38-26(36)34-7-5-18(6-8-34)37-14-23-32-24(33-39-23)16-10-30-25(31-11-16)35-12-20(22(29)13-35)19-9-17(27)3-4-21(19)28/h3-4,9-11,15,18,20,22H,5-8,12-14,29H2,1-2H3/t20-,22+/m1/s1. The summed E-state index contributed by atoms with van der Waals surface area (Å²) in [6.45, 7) is 5.69. The number of hydrogen-bond acceptors (Lipinski definition) is 10. The van der Waals surface area contributed by atoms with Crippen LogP contribution >= 0.6 is 0 Å². The first kappa shape index (κ1) is 26.9. The molecule has 208 valence electrons. The molecule has 2 N–H and O–H groups in total. The first-order valence-corrected chi connectivity index (χ1v) is 12.9. The van der Waals surface area contributed by atoms with E-state index in [1.54, 1.807) is 17.3 Å². The number of likely N-dealkylation sites (tertiary alicyclic amines) is 1. The van der Waals surface area contributed by atoms with E-state index in [0.717, 1.165) is 12.1 Å². The summed E-state index contributed by atoms with van der Waals surface area (Å²) in [4.78, 5) is 28.7. The van der Waals surface area contributed by atoms with Gasteiger partial charge in [0.1, 0.15) is 18.2 Å². The summed E-state index contributed by atoms with van der Waals surface area (Å²) in [6, 6.07) is 3.00. The van der Waals surface area contributed by atoms with Crippen molar-refractivity contribution in [2.45, 2.75) is 57.5 Å². The predicted molar refractivity (Wildman–Crippen MR) is 136 cm³/mol. The third-order valence-electron chi connectivity index (χ3n) is 6.85. The number of aromatic nitrogens is 4. The van der Waals surface area contributed by atoms with Crippen molar-refractivity contribution in [2.75, 3.05) is 31.1 Å². The van der Waals surface area contributed by atoms with Gasteiger partial charge in [-0.05, 0) is 50.5 Å². The van der Waals surface area contributed by atoms with Crippen LogP contribution in [0.1, 0.15) is 44.1 Å². The molecule has 11 nitrogen and oxygen atoms in total. The number of amides is 1. The van der Waals surface area contributed by atoms with Gasteiger partial charge < -0.3 is 29.5 Å². The van der Waals surface area contributed by atoms with Crippen LogP contribution in [0.5, 0.6) is 0 Å². The van der Waals surface area contributed by atoms with Crippen LogP contribution in [-0.2, 0) is 16.1 Å². The van der Waals surface area contributed by atoms with Crippen molar-refractivity contribution >= 4 is 12.0 Å². The SMILES string of the molecule is CC(C)OC(=O)N1CCC(OCc2nc(-c3cnc(N4C[C@H](c5cc(F)ccc5F)[C@@H](N)C4)nc3)no2)CC1. The molecule has 1 aromatic carbocycles. The topological polar surface area (TPSA) is 133 Å². The molecular weight excluding hydrogens is 512 g/mol. The highest BCUT2D eigenvalue weighted by Crippen LogP contribution is 2.31. The van der Waals surface area contributed by atoms with Gasteiger partial charge in [0.2, 0.25) is 11.8 Å². The lowest BCUT2D eigenvalue weighted by atomic mass is 9.94. The van der Waals surface area contributed by atoms with Gasteiger partial charge in [-0.3, -0.25) is 0 Å². The molecule has 0 bridgehead atoms. The van der Waals surface area contributed by atoms with E-state index < -0.39 is 17.7 Å². The Morgan fingerprint density at radius 2 is 1.92 bits per heavy atom. The molecule has 13 heteroatoms. The van der Waals surface area contributed by atoms with Crippen molar-refractivity contribution in [3.05, 3.63) is 53.7 Å². The Balaban J connectivity index is 1.13. The monoisotopic (exact) mass is 543 g/mol. The average Bonchev–Trinajstić information content (AvgIpc) is 3.56. The molecule has 2 aliphatic heterocycles. The molecule has 2 atom stereocenters. The van der Waals surface area contributed by atoms with E-state index in [0.29, 0.717) is 62.2 Å². The Bertz CT molecular complexity index is 1280. The fourth-order valence-corrected chi connectivity index (χ4v) is 4.82. The van der Waals surface area contributed by atoms with Crippen LogP contribution in [0, 0.1) is 11.6 Å². The van der Waals surface area contributed by atoms with Gasteiger partial charge in [0, 0.05) is 50.5 Å². The largest absolute Gasteiger partial charge is 0.447 e. The van der Waals surface area contributed by atoms with Gasteiger partial charge in [-0.25, -0.2) is 23.5 Å². The number of halogens is 2. The Morgan fingerprint density at radius 3 is 2.64 bits per heavy atom. The van der Waals surface area contributed by atoms with Gasteiger partial charge in [0.05, 0.1) is 17.8 Å². The highest BCUT2D eigenvalue weighted by molar-refractivity contribution is 5.67. The van der Waals surface area contributed by atoms with Crippen LogP contribution < -0.4 is 10.6 Å². The minimum Gasteiger partial charge on any atom is -0.447 e. The number of nitrogens with zero attached hydrogens (tertiary/aromatic N) is 6. The van der Waals surface area contributed by atoms with Crippen LogP contribution in [0.4, 0.5) is 19.5 Å². The number of nitrogens with two attached hydrogens (primary N) is 1. The summed E-state index contributed by atoms with van der Waals surface area (Å²) >= 11 is 0. The molecule has 0 spiro atoms. The van der Waals surface area contributed by atoms with Gasteiger partial charge in [-0.1, -0.05) is 5.16 Å². The second-order valence-corrected chi connectivity index (χ2v) is 10.1. The molecule has 0 radical (unpaired) electrons. The van der Waals surface area contributed by atoms with E-state index in [9.17, 15) is 13.6 Å². The Morgan fingerprint density at radius 1 is 1.18 bits per heavy atom. The smallest absolute Gasteiger partial charge is 0.410 e. The minimum atomic E-state index is -0.503. The molecule has 2 fully saturated rings. The van der Waals surface area contributed by atoms with Crippen molar-refractivity contribution in [2.24, 2.45) is 5.73 Å². The summed E-state index contributed by atoms with van der Waals surface area (Å²) in [6.07, 6.45) is 4.06. The summed E-state index contributed by atoms with van der Waals surface area (Å²) in [7, 11) is 0. The summed E-state index contributed by atoms with van der Waals surface area (Å²) in [5.41, 5.74) is 7.06. The molecule has 1 amide bonds. The van der Waals surface area contributed by atoms with Gasteiger partial charge in [-0.2, -0.15) is 4.98 Å². The number of benzene rings is 1. The van der Waals surface area contributed by atoms with Gasteiger partial charge in [0.15, 0.2) is 0 Å². The summed E-state index contributed by atoms with van der Waals surface area (Å²) < 4.78 is 44.4. The number of hydrogen-bond donors (Lipinski definition) is 1. The first-order chi connectivity index (χ1) is 18.8. The predicted octanol–water partition coefficient (Wildman–Crippen LogP) is 3.26. The molecule has 5 rings (SSSR count). The molecule has 0 saturated carbocycles. The Labute approximate surface area is 224 Å². The minimum absolute atomic E-state index is 0.0254. The highest BCUT2D eigenvalue weighted by atomic mass is 19.1. The molecule has 3 aromatic rings. The second kappa shape index (κ2) is 11.6. The summed E-state index contributed by atoms with van der Waals surface area (Å²) in [5, 5.41) is 4.00. The van der Waals surface area contributed by atoms with Crippen LogP contribution in [-0.4, -0.2) is 75.5 Å². The van der Waals surface area contributed by atoms with Crippen molar-refractivity contribution in [1.82, 2.24) is 25.0 Å². The van der Waals surface area contributed by atoms with E-state index in [1.165, 1.54) is 6.07 Å². The number of piperidine rings is 1. The van der Waals surface area contributed by atoms with Crippen molar-refractivity contribution < 1.29 is 27.6 Å². The number of ether oxygens (including phenoxy) is 2. The molecule has 2 saturated heterocycles. The Kier molecular flexibility index (Phi) is 7.98. The molecular formula is C26H31F2N7O4. The highest BCUT2D eigenvalue weighted by Gasteiger charge is 2.34. The lowest BCUT2D eigenvalue weighted by molar-refractivity contribution is -0.0147. The fraction of sp³-hybridized carbons (Fsp3) is 0.500. The third kappa shape index (κ3) is 6.31. The lowest BCUT2D eigenvalue weighted by Crippen LogP contribution is -2.41. The van der Waals surface area contributed by atoms with E-state index in [2.05, 4.69) is 20.1 Å². The van der Waals surface area contributed by atoms with Crippen LogP contribution in [0.3, 0.4) is 0 Å². The zero-order chi connectivity index (χ0) is 27.5. The van der Waals surface area contributed by atoms with Crippen LogP contribution in [0.25, 0.3) is 11.4 Å². The van der Waals surface area contributed by atoms with E-state index in [-0.39, 0.29) is 36.4 Å². The maximum atomic E-state index is 14.3. The van der Waals surface area contributed by atoms with Crippen molar-refractivity contribution in [3.63, 3.8) is 0 Å². The van der Waals surface area contributed by atoms with Crippen LogP contribution in [0.15, 0.2) is 35.1 Å². The van der Waals surface area contributed by atoms with Gasteiger partial charge in [-0.15, -0.1) is 0 Å². The number of anilines is 1. The van der Waals surface area contributed by atoms with Crippen molar-refractivity contribution in [3.8, 4) is 11.4 Å². The quantitative estimate of drug-likeness (QED) is 0.473. The maximum absolute atomic E-state index is 14.3. The number of rotatable bonds is 7. The molecule has 39 heavy (non-hydrogen) atoms. The summed E-state index contributed by atoms with van der Waals surface area (Å²) in [5.74, 6) is -0.306. The molecule has 0 unspecified atom stereocenters. The lowest BCUT2D eigenvalue weighted by Gasteiger charge is -2.31. The zero-order valence-electron chi connectivity index (χ0n) is 21.8. The zero-order valence-corrected chi connectivity index (χ0v) is 21.8. The molecule has 4 heterocycles. The van der Waals surface area contributed by atoms with Crippen LogP contribution in [0.2, 0.25) is 0 Å². The van der Waals surface area contributed by atoms with Gasteiger partial charge >= 0.3 is 6.09 Å². The normalized spacial score (nSPS) is 20.2. The molecule has 0 aliphatic carbocycles.